The molecular formula is C31H54N6O14. The molecule has 20 nitrogen and oxygen atoms in total. The van der Waals surface area contributed by atoms with Crippen LogP contribution in [0, 0.1) is 6.92 Å². The van der Waals surface area contributed by atoms with Gasteiger partial charge in [0.15, 0.2) is 6.10 Å². The molecule has 4 amide bonds. The number of carbonyl (C=O) groups is 4. The fourth-order valence-corrected chi connectivity index (χ4v) is 3.79. The number of ether oxygens (including phenoxy) is 8. The summed E-state index contributed by atoms with van der Waals surface area (Å²) in [4.78, 5) is 50.4. The Morgan fingerprint density at radius 3 is 1.88 bits per heavy atom. The average Bonchev–Trinajstić information content (AvgIpc) is 3.12. The summed E-state index contributed by atoms with van der Waals surface area (Å²) < 4.78 is 41.2. The molecule has 0 bridgehead atoms. The van der Waals surface area contributed by atoms with Gasteiger partial charge in [-0.05, 0) is 31.5 Å². The number of carbonyl (C=O) groups excluding carboxylic acids is 4. The summed E-state index contributed by atoms with van der Waals surface area (Å²) in [6, 6.07) is 4.75. The molecule has 0 aliphatic rings. The molecule has 1 aromatic rings. The molecule has 2 atom stereocenters. The Kier molecular flexibility index (Phi) is 25.3. The van der Waals surface area contributed by atoms with Crippen molar-refractivity contribution in [3.8, 4) is 0 Å². The highest BCUT2D eigenvalue weighted by Gasteiger charge is 2.21. The van der Waals surface area contributed by atoms with Gasteiger partial charge in [-0.15, -0.1) is 0 Å². The van der Waals surface area contributed by atoms with E-state index in [0.29, 0.717) is 64.0 Å². The van der Waals surface area contributed by atoms with Crippen LogP contribution in [-0.4, -0.2) is 159 Å². The van der Waals surface area contributed by atoms with Crippen molar-refractivity contribution < 1.29 is 67.3 Å². The summed E-state index contributed by atoms with van der Waals surface area (Å²) in [5, 5.41) is 27.1. The SMILES string of the molecule is CCN(C(=O)OCC(O)COC(=O)NCCOCCOCCN)c1cc(NC(=O)OCC(CO)OC(=O)NCCOCCOCCN)ccc1C. The maximum absolute atomic E-state index is 12.9. The van der Waals surface area contributed by atoms with Gasteiger partial charge in [-0.1, -0.05) is 6.07 Å². The summed E-state index contributed by atoms with van der Waals surface area (Å²) in [6.07, 6.45) is -5.73. The molecule has 9 N–H and O–H groups in total. The van der Waals surface area contributed by atoms with Crippen molar-refractivity contribution in [3.63, 3.8) is 0 Å². The van der Waals surface area contributed by atoms with Crippen LogP contribution in [0.4, 0.5) is 30.6 Å². The molecule has 292 valence electrons. The molecule has 0 saturated heterocycles. The molecule has 20 heteroatoms. The lowest BCUT2D eigenvalue weighted by atomic mass is 10.1. The number of aryl methyl sites for hydroxylation is 1. The second-order valence-electron chi connectivity index (χ2n) is 10.4. The standard InChI is InChI=1S/C31H54N6O14/c1-3-37(31(43)50-21-25(39)20-48-28(40)34-8-12-46-16-14-44-10-6-32)27-18-24(5-4-23(27)2)36-30(42)49-22-26(19-38)51-29(41)35-9-13-47-17-15-45-11-7-33/h4-5,18,25-26,38-39H,3,6-17,19-22,32-33H2,1-2H3,(H,34,40)(H,35,41)(H,36,42). The second kappa shape index (κ2) is 28.7. The molecule has 0 fully saturated rings. The van der Waals surface area contributed by atoms with E-state index < -0.39 is 63.0 Å². The number of amides is 4. The molecule has 0 aliphatic carbocycles. The van der Waals surface area contributed by atoms with Gasteiger partial charge in [-0.2, -0.15) is 0 Å². The highest BCUT2D eigenvalue weighted by molar-refractivity contribution is 5.91. The zero-order valence-corrected chi connectivity index (χ0v) is 29.3. The highest BCUT2D eigenvalue weighted by atomic mass is 16.6. The van der Waals surface area contributed by atoms with Gasteiger partial charge < -0.3 is 70.2 Å². The summed E-state index contributed by atoms with van der Waals surface area (Å²) in [5.74, 6) is 0. The number of aliphatic hydroxyl groups is 2. The molecule has 0 aliphatic heterocycles. The summed E-state index contributed by atoms with van der Waals surface area (Å²) in [5.41, 5.74) is 12.0. The number of nitrogens with two attached hydrogens (primary N) is 2. The monoisotopic (exact) mass is 734 g/mol. The average molecular weight is 735 g/mol. The van der Waals surface area contributed by atoms with Crippen LogP contribution < -0.4 is 32.3 Å². The quantitative estimate of drug-likeness (QED) is 0.0450. The first-order valence-corrected chi connectivity index (χ1v) is 16.5. The van der Waals surface area contributed by atoms with E-state index >= 15 is 0 Å². The molecule has 51 heavy (non-hydrogen) atoms. The minimum atomic E-state index is -1.29. The van der Waals surface area contributed by atoms with Gasteiger partial charge in [0, 0.05) is 38.4 Å². The molecule has 0 heterocycles. The lowest BCUT2D eigenvalue weighted by Crippen LogP contribution is -2.36. The zero-order chi connectivity index (χ0) is 37.7. The van der Waals surface area contributed by atoms with Crippen LogP contribution in [0.3, 0.4) is 0 Å². The van der Waals surface area contributed by atoms with Gasteiger partial charge in [0.1, 0.15) is 25.9 Å². The Labute approximate surface area is 297 Å². The van der Waals surface area contributed by atoms with Crippen molar-refractivity contribution in [1.82, 2.24) is 10.6 Å². The molecule has 1 rings (SSSR count). The van der Waals surface area contributed by atoms with Crippen molar-refractivity contribution in [2.75, 3.05) is 122 Å². The first-order chi connectivity index (χ1) is 24.6. The van der Waals surface area contributed by atoms with Crippen LogP contribution >= 0.6 is 0 Å². The van der Waals surface area contributed by atoms with E-state index in [-0.39, 0.29) is 38.5 Å². The van der Waals surface area contributed by atoms with Crippen molar-refractivity contribution in [2.45, 2.75) is 26.1 Å². The van der Waals surface area contributed by atoms with Crippen molar-refractivity contribution in [1.29, 1.82) is 0 Å². The van der Waals surface area contributed by atoms with Gasteiger partial charge in [0.2, 0.25) is 0 Å². The third-order valence-electron chi connectivity index (χ3n) is 6.27. The van der Waals surface area contributed by atoms with Crippen LogP contribution in [0.2, 0.25) is 0 Å². The minimum absolute atomic E-state index is 0.145. The first-order valence-electron chi connectivity index (χ1n) is 16.5. The molecular weight excluding hydrogens is 680 g/mol. The highest BCUT2D eigenvalue weighted by Crippen LogP contribution is 2.25. The molecule has 0 radical (unpaired) electrons. The Morgan fingerprint density at radius 2 is 1.31 bits per heavy atom. The lowest BCUT2D eigenvalue weighted by Gasteiger charge is -2.24. The van der Waals surface area contributed by atoms with Gasteiger partial charge in [0.05, 0.1) is 65.1 Å². The van der Waals surface area contributed by atoms with E-state index in [9.17, 15) is 29.4 Å². The fourth-order valence-electron chi connectivity index (χ4n) is 3.79. The number of hydrogen-bond acceptors (Lipinski definition) is 16. The van der Waals surface area contributed by atoms with Gasteiger partial charge >= 0.3 is 24.4 Å². The number of benzene rings is 1. The fraction of sp³-hybridized carbons (Fsp3) is 0.677. The lowest BCUT2D eigenvalue weighted by molar-refractivity contribution is 0.0149. The molecule has 0 aromatic heterocycles. The first kappa shape index (κ1) is 45.0. The molecule has 0 saturated carbocycles. The number of aliphatic hydroxyl groups excluding tert-OH is 2. The third kappa shape index (κ3) is 21.7. The summed E-state index contributed by atoms with van der Waals surface area (Å²) in [6.45, 7) is 5.60. The van der Waals surface area contributed by atoms with E-state index in [0.717, 1.165) is 0 Å². The topological polar surface area (TPSA) is 274 Å². The van der Waals surface area contributed by atoms with Crippen molar-refractivity contribution >= 4 is 35.7 Å². The minimum Gasteiger partial charge on any atom is -0.447 e. The van der Waals surface area contributed by atoms with E-state index in [2.05, 4.69) is 16.0 Å². The van der Waals surface area contributed by atoms with Gasteiger partial charge in [-0.25, -0.2) is 19.2 Å². The molecule has 1 aromatic carbocycles. The maximum atomic E-state index is 12.9. The summed E-state index contributed by atoms with van der Waals surface area (Å²) >= 11 is 0. The van der Waals surface area contributed by atoms with E-state index in [1.54, 1.807) is 26.0 Å². The largest absolute Gasteiger partial charge is 0.447 e. The molecule has 2 unspecified atom stereocenters. The predicted molar refractivity (Wildman–Crippen MR) is 183 cm³/mol. The third-order valence-corrected chi connectivity index (χ3v) is 6.27. The van der Waals surface area contributed by atoms with Crippen molar-refractivity contribution in [2.24, 2.45) is 11.5 Å². The van der Waals surface area contributed by atoms with E-state index in [4.69, 9.17) is 49.4 Å². The number of anilines is 2. The number of rotatable bonds is 27. The van der Waals surface area contributed by atoms with Crippen LogP contribution in [0.15, 0.2) is 18.2 Å². The Bertz CT molecular complexity index is 1130. The normalized spacial score (nSPS) is 12.0. The smallest absolute Gasteiger partial charge is 0.414 e. The number of alkyl carbamates (subject to hydrolysis) is 2. The van der Waals surface area contributed by atoms with Crippen molar-refractivity contribution in [3.05, 3.63) is 23.8 Å². The zero-order valence-electron chi connectivity index (χ0n) is 29.3. The number of nitrogens with one attached hydrogen (secondary N) is 3. The molecule has 0 spiro atoms. The van der Waals surface area contributed by atoms with E-state index in [1.807, 2.05) is 0 Å². The Hall–Kier alpha value is -4.02. The van der Waals surface area contributed by atoms with E-state index in [1.165, 1.54) is 11.0 Å². The summed E-state index contributed by atoms with van der Waals surface area (Å²) in [7, 11) is 0. The Balaban J connectivity index is 2.45. The number of nitrogens with zero attached hydrogens (tertiary/aromatic N) is 1. The van der Waals surface area contributed by atoms with Crippen LogP contribution in [-0.2, 0) is 37.9 Å². The van der Waals surface area contributed by atoms with Gasteiger partial charge in [0.25, 0.3) is 0 Å². The predicted octanol–water partition coefficient (Wildman–Crippen LogP) is -0.336. The Morgan fingerprint density at radius 1 is 0.765 bits per heavy atom. The number of hydrogen-bond donors (Lipinski definition) is 7. The van der Waals surface area contributed by atoms with Gasteiger partial charge in [-0.3, -0.25) is 10.2 Å². The van der Waals surface area contributed by atoms with Crippen LogP contribution in [0.1, 0.15) is 12.5 Å². The maximum Gasteiger partial charge on any atom is 0.414 e. The second-order valence-corrected chi connectivity index (χ2v) is 10.4. The van der Waals surface area contributed by atoms with Crippen LogP contribution in [0.25, 0.3) is 0 Å². The van der Waals surface area contributed by atoms with Crippen LogP contribution in [0.5, 0.6) is 0 Å².